The highest BCUT2D eigenvalue weighted by molar-refractivity contribution is 6.30. The number of benzene rings is 2. The van der Waals surface area contributed by atoms with Crippen molar-refractivity contribution in [3.63, 3.8) is 0 Å². The molecule has 1 heterocycles. The van der Waals surface area contributed by atoms with E-state index in [-0.39, 0.29) is 6.61 Å². The molecular formula is C18H18ClN5O3. The molecule has 0 aliphatic rings. The number of nitrogen functional groups attached to an aromatic ring is 1. The topological polar surface area (TPSA) is 124 Å². The second-order valence-corrected chi connectivity index (χ2v) is 6.22. The number of nitrogens with one attached hydrogen (secondary N) is 2. The van der Waals surface area contributed by atoms with Crippen LogP contribution in [-0.2, 0) is 4.79 Å². The van der Waals surface area contributed by atoms with Gasteiger partial charge in [0.15, 0.2) is 6.61 Å². The fourth-order valence-corrected chi connectivity index (χ4v) is 3.09. The van der Waals surface area contributed by atoms with Crippen LogP contribution in [-0.4, -0.2) is 23.0 Å². The van der Waals surface area contributed by atoms with Crippen molar-refractivity contribution in [3.8, 4) is 11.4 Å². The van der Waals surface area contributed by atoms with Crippen molar-refractivity contribution in [3.05, 3.63) is 58.7 Å². The largest absolute Gasteiger partial charge is 0.484 e. The lowest BCUT2D eigenvalue weighted by Crippen LogP contribution is -2.34. The first-order valence-electron chi connectivity index (χ1n) is 8.00. The van der Waals surface area contributed by atoms with Crippen molar-refractivity contribution >= 4 is 34.3 Å². The molecule has 3 aromatic rings. The third-order valence-corrected chi connectivity index (χ3v) is 4.40. The van der Waals surface area contributed by atoms with E-state index in [1.54, 1.807) is 30.3 Å². The lowest BCUT2D eigenvalue weighted by Gasteiger charge is -2.09. The summed E-state index contributed by atoms with van der Waals surface area (Å²) in [6.07, 6.45) is 0. The number of ether oxygens (including phenoxy) is 1. The standard InChI is InChI=1S/C18H18ClN5O3/c1-10-17(18(26)23-21)14-8-13(27-9-16(25)22-20)6-7-15(14)24(10)12-4-2-11(19)3-5-12/h2-8H,9,20-21H2,1H3,(H,22,25)(H,23,26). The molecule has 0 spiro atoms. The molecule has 8 nitrogen and oxygen atoms in total. The normalized spacial score (nSPS) is 10.7. The highest BCUT2D eigenvalue weighted by atomic mass is 35.5. The Morgan fingerprint density at radius 2 is 1.81 bits per heavy atom. The number of hydrogen-bond donors (Lipinski definition) is 4. The average Bonchev–Trinajstić information content (AvgIpc) is 2.97. The Morgan fingerprint density at radius 1 is 1.11 bits per heavy atom. The molecule has 0 saturated carbocycles. The van der Waals surface area contributed by atoms with Gasteiger partial charge in [-0.1, -0.05) is 11.6 Å². The number of hydrogen-bond acceptors (Lipinski definition) is 5. The number of amides is 2. The zero-order chi connectivity index (χ0) is 19.6. The molecule has 27 heavy (non-hydrogen) atoms. The van der Waals surface area contributed by atoms with E-state index in [4.69, 9.17) is 28.0 Å². The van der Waals surface area contributed by atoms with Crippen LogP contribution in [0.25, 0.3) is 16.6 Å². The maximum absolute atomic E-state index is 12.4. The number of nitrogens with zero attached hydrogens (tertiary/aromatic N) is 1. The number of rotatable bonds is 5. The summed E-state index contributed by atoms with van der Waals surface area (Å²) < 4.78 is 7.35. The number of carbonyl (C=O) groups excluding carboxylic acids is 2. The van der Waals surface area contributed by atoms with Gasteiger partial charge in [-0.15, -0.1) is 0 Å². The molecule has 140 valence electrons. The van der Waals surface area contributed by atoms with E-state index >= 15 is 0 Å². The molecule has 0 atom stereocenters. The first kappa shape index (κ1) is 18.7. The van der Waals surface area contributed by atoms with Crippen LogP contribution >= 0.6 is 11.6 Å². The fraction of sp³-hybridized carbons (Fsp3) is 0.111. The van der Waals surface area contributed by atoms with Gasteiger partial charge in [-0.3, -0.25) is 20.4 Å². The van der Waals surface area contributed by atoms with Crippen molar-refractivity contribution in [2.75, 3.05) is 6.61 Å². The molecule has 2 amide bonds. The SMILES string of the molecule is Cc1c(C(=O)NN)c2cc(OCC(=O)NN)ccc2n1-c1ccc(Cl)cc1. The number of aromatic nitrogens is 1. The van der Waals surface area contributed by atoms with Gasteiger partial charge in [0, 0.05) is 21.8 Å². The number of carbonyl (C=O) groups is 2. The third kappa shape index (κ3) is 3.59. The molecular weight excluding hydrogens is 370 g/mol. The lowest BCUT2D eigenvalue weighted by molar-refractivity contribution is -0.123. The fourth-order valence-electron chi connectivity index (χ4n) is 2.96. The monoisotopic (exact) mass is 387 g/mol. The van der Waals surface area contributed by atoms with E-state index in [1.165, 1.54) is 0 Å². The summed E-state index contributed by atoms with van der Waals surface area (Å²) in [7, 11) is 0. The molecule has 0 aliphatic carbocycles. The first-order chi connectivity index (χ1) is 13.0. The van der Waals surface area contributed by atoms with E-state index in [9.17, 15) is 9.59 Å². The third-order valence-electron chi connectivity index (χ3n) is 4.15. The Labute approximate surface area is 160 Å². The molecule has 1 aromatic heterocycles. The van der Waals surface area contributed by atoms with E-state index in [1.807, 2.05) is 29.0 Å². The molecule has 0 fully saturated rings. The summed E-state index contributed by atoms with van der Waals surface area (Å²) in [6.45, 7) is 1.58. The van der Waals surface area contributed by atoms with Crippen LogP contribution in [0.4, 0.5) is 0 Å². The van der Waals surface area contributed by atoms with Crippen molar-refractivity contribution in [2.45, 2.75) is 6.92 Å². The number of hydrazine groups is 2. The van der Waals surface area contributed by atoms with Gasteiger partial charge in [-0.25, -0.2) is 11.7 Å². The van der Waals surface area contributed by atoms with Gasteiger partial charge in [-0.2, -0.15) is 0 Å². The summed E-state index contributed by atoms with van der Waals surface area (Å²) in [5.74, 6) is 9.94. The zero-order valence-electron chi connectivity index (χ0n) is 14.5. The molecule has 0 aliphatic heterocycles. The zero-order valence-corrected chi connectivity index (χ0v) is 15.2. The highest BCUT2D eigenvalue weighted by Crippen LogP contribution is 2.32. The van der Waals surface area contributed by atoms with Gasteiger partial charge in [0.25, 0.3) is 11.8 Å². The second-order valence-electron chi connectivity index (χ2n) is 5.78. The molecule has 0 radical (unpaired) electrons. The minimum absolute atomic E-state index is 0.239. The van der Waals surface area contributed by atoms with Crippen molar-refractivity contribution < 1.29 is 14.3 Å². The minimum Gasteiger partial charge on any atom is -0.484 e. The number of fused-ring (bicyclic) bond motifs is 1. The van der Waals surface area contributed by atoms with Crippen LogP contribution in [0.1, 0.15) is 16.1 Å². The van der Waals surface area contributed by atoms with Gasteiger partial charge >= 0.3 is 0 Å². The van der Waals surface area contributed by atoms with Crippen LogP contribution in [0, 0.1) is 6.92 Å². The summed E-state index contributed by atoms with van der Waals surface area (Å²) in [4.78, 5) is 23.7. The van der Waals surface area contributed by atoms with Gasteiger partial charge in [-0.05, 0) is 49.4 Å². The molecule has 6 N–H and O–H groups in total. The smallest absolute Gasteiger partial charge is 0.271 e. The Kier molecular flexibility index (Phi) is 5.31. The second kappa shape index (κ2) is 7.67. The molecule has 2 aromatic carbocycles. The van der Waals surface area contributed by atoms with Crippen LogP contribution in [0.2, 0.25) is 5.02 Å². The van der Waals surface area contributed by atoms with Crippen molar-refractivity contribution in [1.82, 2.24) is 15.4 Å². The first-order valence-corrected chi connectivity index (χ1v) is 8.38. The quantitative estimate of drug-likeness (QED) is 0.300. The van der Waals surface area contributed by atoms with Crippen LogP contribution in [0.3, 0.4) is 0 Å². The molecule has 9 heteroatoms. The Balaban J connectivity index is 2.16. The van der Waals surface area contributed by atoms with E-state index in [0.29, 0.717) is 27.4 Å². The van der Waals surface area contributed by atoms with Crippen LogP contribution < -0.4 is 27.3 Å². The predicted molar refractivity (Wildman–Crippen MR) is 103 cm³/mol. The molecule has 0 unspecified atom stereocenters. The lowest BCUT2D eigenvalue weighted by atomic mass is 10.1. The predicted octanol–water partition coefficient (Wildman–Crippen LogP) is 1.56. The summed E-state index contributed by atoms with van der Waals surface area (Å²) in [6, 6.07) is 12.5. The maximum Gasteiger partial charge on any atom is 0.271 e. The van der Waals surface area contributed by atoms with E-state index in [2.05, 4.69) is 5.43 Å². The van der Waals surface area contributed by atoms with Crippen LogP contribution in [0.15, 0.2) is 42.5 Å². The number of nitrogens with two attached hydrogens (primary N) is 2. The molecule has 0 saturated heterocycles. The maximum atomic E-state index is 12.4. The van der Waals surface area contributed by atoms with Gasteiger partial charge < -0.3 is 9.30 Å². The Hall–Kier alpha value is -3.07. The average molecular weight is 388 g/mol. The van der Waals surface area contributed by atoms with E-state index < -0.39 is 11.8 Å². The number of halogens is 1. The summed E-state index contributed by atoms with van der Waals surface area (Å²) in [5.41, 5.74) is 6.90. The Bertz CT molecular complexity index is 1010. The van der Waals surface area contributed by atoms with Crippen molar-refractivity contribution in [2.24, 2.45) is 11.7 Å². The summed E-state index contributed by atoms with van der Waals surface area (Å²) in [5, 5.41) is 1.25. The van der Waals surface area contributed by atoms with Crippen molar-refractivity contribution in [1.29, 1.82) is 0 Å². The Morgan fingerprint density at radius 3 is 2.44 bits per heavy atom. The summed E-state index contributed by atoms with van der Waals surface area (Å²) >= 11 is 5.98. The highest BCUT2D eigenvalue weighted by Gasteiger charge is 2.21. The van der Waals surface area contributed by atoms with E-state index in [0.717, 1.165) is 11.2 Å². The van der Waals surface area contributed by atoms with Gasteiger partial charge in [0.2, 0.25) is 0 Å². The van der Waals surface area contributed by atoms with Gasteiger partial charge in [0.05, 0.1) is 11.1 Å². The molecule has 3 rings (SSSR count). The molecule has 0 bridgehead atoms. The van der Waals surface area contributed by atoms with Crippen LogP contribution in [0.5, 0.6) is 5.75 Å². The minimum atomic E-state index is -0.468. The van der Waals surface area contributed by atoms with Gasteiger partial charge in [0.1, 0.15) is 5.75 Å².